The van der Waals surface area contributed by atoms with Gasteiger partial charge in [-0.3, -0.25) is 4.79 Å². The molecule has 9 heteroatoms. The van der Waals surface area contributed by atoms with E-state index in [-0.39, 0.29) is 36.1 Å². The second kappa shape index (κ2) is 9.02. The molecule has 0 aliphatic rings. The zero-order chi connectivity index (χ0) is 21.1. The van der Waals surface area contributed by atoms with Gasteiger partial charge in [0, 0.05) is 22.3 Å². The minimum atomic E-state index is -3.82. The third kappa shape index (κ3) is 4.53. The molecular weight excluding hydrogens is 448 g/mol. The summed E-state index contributed by atoms with van der Waals surface area (Å²) in [5.41, 5.74) is 1.48. The summed E-state index contributed by atoms with van der Waals surface area (Å²) >= 11 is 3.27. The molecule has 28 heavy (non-hydrogen) atoms. The lowest BCUT2D eigenvalue weighted by Gasteiger charge is -2.20. The van der Waals surface area contributed by atoms with E-state index in [1.165, 1.54) is 12.1 Å². The van der Waals surface area contributed by atoms with Crippen molar-refractivity contribution >= 4 is 37.7 Å². The SMILES string of the molecule is CCOC(=O)c1[nH]c(C)c(C(=O)CN(CC)S(=O)(=O)c2ccc(Br)cc2)c1C. The summed E-state index contributed by atoms with van der Waals surface area (Å²) in [4.78, 5) is 27.9. The number of benzene rings is 1. The lowest BCUT2D eigenvalue weighted by Crippen LogP contribution is -2.35. The van der Waals surface area contributed by atoms with Crippen molar-refractivity contribution in [2.24, 2.45) is 0 Å². The summed E-state index contributed by atoms with van der Waals surface area (Å²) in [6, 6.07) is 6.24. The van der Waals surface area contributed by atoms with Crippen LogP contribution < -0.4 is 0 Å². The third-order valence-electron chi connectivity index (χ3n) is 4.32. The fraction of sp³-hybridized carbons (Fsp3) is 0.368. The number of esters is 1. The van der Waals surface area contributed by atoms with E-state index in [0.29, 0.717) is 16.8 Å². The fourth-order valence-electron chi connectivity index (χ4n) is 2.94. The zero-order valence-corrected chi connectivity index (χ0v) is 18.6. The van der Waals surface area contributed by atoms with E-state index < -0.39 is 16.0 Å². The molecule has 0 saturated heterocycles. The number of hydrogen-bond donors (Lipinski definition) is 1. The van der Waals surface area contributed by atoms with Gasteiger partial charge in [0.05, 0.1) is 18.0 Å². The first-order chi connectivity index (χ1) is 13.1. The van der Waals surface area contributed by atoms with Crippen LogP contribution >= 0.6 is 15.9 Å². The smallest absolute Gasteiger partial charge is 0.355 e. The van der Waals surface area contributed by atoms with Crippen molar-refractivity contribution in [3.63, 3.8) is 0 Å². The minimum absolute atomic E-state index is 0.111. The molecule has 0 spiro atoms. The molecule has 2 rings (SSSR count). The van der Waals surface area contributed by atoms with E-state index >= 15 is 0 Å². The Morgan fingerprint density at radius 1 is 1.14 bits per heavy atom. The molecule has 1 N–H and O–H groups in total. The van der Waals surface area contributed by atoms with E-state index in [2.05, 4.69) is 20.9 Å². The Morgan fingerprint density at radius 2 is 1.75 bits per heavy atom. The van der Waals surface area contributed by atoms with Crippen molar-refractivity contribution in [2.75, 3.05) is 19.7 Å². The molecular formula is C19H23BrN2O5S. The van der Waals surface area contributed by atoms with Crippen LogP contribution in [0.25, 0.3) is 0 Å². The molecule has 0 fully saturated rings. The number of likely N-dealkylation sites (N-methyl/N-ethyl adjacent to an activating group) is 1. The van der Waals surface area contributed by atoms with Gasteiger partial charge in [-0.1, -0.05) is 22.9 Å². The van der Waals surface area contributed by atoms with Crippen molar-refractivity contribution < 1.29 is 22.7 Å². The topological polar surface area (TPSA) is 96.5 Å². The van der Waals surface area contributed by atoms with Crippen LogP contribution in [0.15, 0.2) is 33.6 Å². The number of H-pyrrole nitrogens is 1. The standard InChI is InChI=1S/C19H23BrN2O5S/c1-5-22(28(25,26)15-9-7-14(20)8-10-15)11-16(23)17-12(3)18(21-13(17)4)19(24)27-6-2/h7-10,21H,5-6,11H2,1-4H3. The zero-order valence-electron chi connectivity index (χ0n) is 16.2. The van der Waals surface area contributed by atoms with Gasteiger partial charge in [0.15, 0.2) is 5.78 Å². The van der Waals surface area contributed by atoms with Crippen molar-refractivity contribution in [3.8, 4) is 0 Å². The first-order valence-electron chi connectivity index (χ1n) is 8.78. The van der Waals surface area contributed by atoms with Gasteiger partial charge in [-0.05, 0) is 50.6 Å². The summed E-state index contributed by atoms with van der Waals surface area (Å²) in [6.45, 7) is 6.71. The minimum Gasteiger partial charge on any atom is -0.461 e. The van der Waals surface area contributed by atoms with Gasteiger partial charge in [0.2, 0.25) is 10.0 Å². The summed E-state index contributed by atoms with van der Waals surface area (Å²) in [5, 5.41) is 0. The van der Waals surface area contributed by atoms with Gasteiger partial charge < -0.3 is 9.72 Å². The van der Waals surface area contributed by atoms with Gasteiger partial charge in [-0.2, -0.15) is 4.31 Å². The first-order valence-corrected chi connectivity index (χ1v) is 11.0. The molecule has 0 unspecified atom stereocenters. The summed E-state index contributed by atoms with van der Waals surface area (Å²) in [6.07, 6.45) is 0. The number of Topliss-reactive ketones (excluding diaryl/α,β-unsaturated/α-hetero) is 1. The average Bonchev–Trinajstić information content (AvgIpc) is 2.94. The Kier molecular flexibility index (Phi) is 7.19. The van der Waals surface area contributed by atoms with E-state index in [4.69, 9.17) is 4.74 Å². The van der Waals surface area contributed by atoms with Gasteiger partial charge in [-0.15, -0.1) is 0 Å². The Labute approximate surface area is 173 Å². The van der Waals surface area contributed by atoms with Gasteiger partial charge >= 0.3 is 5.97 Å². The van der Waals surface area contributed by atoms with Crippen LogP contribution in [-0.4, -0.2) is 49.2 Å². The molecule has 152 valence electrons. The van der Waals surface area contributed by atoms with Gasteiger partial charge in [-0.25, -0.2) is 13.2 Å². The highest BCUT2D eigenvalue weighted by atomic mass is 79.9. The van der Waals surface area contributed by atoms with E-state index in [1.54, 1.807) is 39.8 Å². The molecule has 0 aliphatic heterocycles. The van der Waals surface area contributed by atoms with E-state index in [9.17, 15) is 18.0 Å². The largest absolute Gasteiger partial charge is 0.461 e. The molecule has 0 saturated carbocycles. The number of carbonyl (C=O) groups excluding carboxylic acids is 2. The number of aromatic nitrogens is 1. The lowest BCUT2D eigenvalue weighted by molar-refractivity contribution is 0.0519. The summed E-state index contributed by atoms with van der Waals surface area (Å²) < 4.78 is 32.6. The van der Waals surface area contributed by atoms with Crippen LogP contribution in [0.5, 0.6) is 0 Å². The monoisotopic (exact) mass is 470 g/mol. The number of sulfonamides is 1. The normalized spacial score (nSPS) is 11.6. The van der Waals surface area contributed by atoms with Crippen molar-refractivity contribution in [1.29, 1.82) is 0 Å². The fourth-order valence-corrected chi connectivity index (χ4v) is 4.61. The number of nitrogens with one attached hydrogen (secondary N) is 1. The van der Waals surface area contributed by atoms with Gasteiger partial charge in [0.1, 0.15) is 5.69 Å². The van der Waals surface area contributed by atoms with Crippen LogP contribution in [-0.2, 0) is 14.8 Å². The summed E-state index contributed by atoms with van der Waals surface area (Å²) in [5.74, 6) is -0.929. The average molecular weight is 471 g/mol. The predicted molar refractivity (Wildman–Crippen MR) is 109 cm³/mol. The number of ketones is 1. The van der Waals surface area contributed by atoms with Crippen LogP contribution in [0, 0.1) is 13.8 Å². The van der Waals surface area contributed by atoms with Crippen LogP contribution in [0.4, 0.5) is 0 Å². The number of aryl methyl sites for hydroxylation is 1. The van der Waals surface area contributed by atoms with Crippen molar-refractivity contribution in [2.45, 2.75) is 32.6 Å². The highest BCUT2D eigenvalue weighted by Gasteiger charge is 2.29. The molecule has 0 aliphatic carbocycles. The maximum absolute atomic E-state index is 12.9. The quantitative estimate of drug-likeness (QED) is 0.470. The molecule has 0 atom stereocenters. The maximum Gasteiger partial charge on any atom is 0.355 e. The number of halogens is 1. The van der Waals surface area contributed by atoms with Crippen molar-refractivity contribution in [3.05, 3.63) is 51.3 Å². The highest BCUT2D eigenvalue weighted by molar-refractivity contribution is 9.10. The first kappa shape index (κ1) is 22.3. The summed E-state index contributed by atoms with van der Waals surface area (Å²) in [7, 11) is -3.82. The third-order valence-corrected chi connectivity index (χ3v) is 6.78. The molecule has 0 bridgehead atoms. The van der Waals surface area contributed by atoms with Crippen LogP contribution in [0.2, 0.25) is 0 Å². The molecule has 1 aromatic carbocycles. The number of ether oxygens (including phenoxy) is 1. The molecule has 7 nitrogen and oxygen atoms in total. The lowest BCUT2D eigenvalue weighted by atomic mass is 10.1. The maximum atomic E-state index is 12.9. The number of nitrogens with zero attached hydrogens (tertiary/aromatic N) is 1. The number of hydrogen-bond acceptors (Lipinski definition) is 5. The molecule has 0 amide bonds. The molecule has 1 aromatic heterocycles. The van der Waals surface area contributed by atoms with Gasteiger partial charge in [0.25, 0.3) is 0 Å². The Balaban J connectivity index is 2.32. The highest BCUT2D eigenvalue weighted by Crippen LogP contribution is 2.22. The van der Waals surface area contributed by atoms with E-state index in [0.717, 1.165) is 8.78 Å². The van der Waals surface area contributed by atoms with Crippen LogP contribution in [0.1, 0.15) is 46.0 Å². The molecule has 0 radical (unpaired) electrons. The predicted octanol–water partition coefficient (Wildman–Crippen LogP) is 3.46. The number of carbonyl (C=O) groups is 2. The second-order valence-electron chi connectivity index (χ2n) is 6.15. The van der Waals surface area contributed by atoms with E-state index in [1.807, 2.05) is 0 Å². The van der Waals surface area contributed by atoms with Crippen LogP contribution in [0.3, 0.4) is 0 Å². The molecule has 1 heterocycles. The second-order valence-corrected chi connectivity index (χ2v) is 9.01. The van der Waals surface area contributed by atoms with Crippen molar-refractivity contribution in [1.82, 2.24) is 9.29 Å². The Bertz CT molecular complexity index is 980. The number of aromatic amines is 1. The number of rotatable bonds is 8. The molecule has 2 aromatic rings. The Morgan fingerprint density at radius 3 is 2.29 bits per heavy atom. The Hall–Kier alpha value is -1.97.